The van der Waals surface area contributed by atoms with Crippen LogP contribution in [0.5, 0.6) is 0 Å². The van der Waals surface area contributed by atoms with Crippen molar-refractivity contribution < 1.29 is 52.3 Å². The third-order valence-electron chi connectivity index (χ3n) is 6.14. The van der Waals surface area contributed by atoms with E-state index < -0.39 is 65.7 Å². The first-order chi connectivity index (χ1) is 16.3. The second-order valence-electron chi connectivity index (χ2n) is 8.82. The van der Waals surface area contributed by atoms with Gasteiger partial charge in [-0.05, 0) is 12.3 Å². The summed E-state index contributed by atoms with van der Waals surface area (Å²) in [6, 6.07) is 0. The van der Waals surface area contributed by atoms with Gasteiger partial charge in [-0.3, -0.25) is 19.2 Å². The first-order valence-electron chi connectivity index (χ1n) is 11.6. The number of alkyl halides is 1. The van der Waals surface area contributed by atoms with Crippen LogP contribution in [0.1, 0.15) is 54.9 Å². The van der Waals surface area contributed by atoms with Crippen LogP contribution in [0.2, 0.25) is 0 Å². The van der Waals surface area contributed by atoms with Crippen molar-refractivity contribution in [3.63, 3.8) is 0 Å². The van der Waals surface area contributed by atoms with Crippen molar-refractivity contribution in [1.29, 1.82) is 0 Å². The largest absolute Gasteiger partial charge is 0.463 e. The number of carbonyl (C=O) groups is 4. The van der Waals surface area contributed by atoms with E-state index in [0.29, 0.717) is 6.42 Å². The average Bonchev–Trinajstić information content (AvgIpc) is 2.75. The van der Waals surface area contributed by atoms with Gasteiger partial charge in [-0.15, -0.1) is 0 Å². The highest BCUT2D eigenvalue weighted by molar-refractivity contribution is 9.09. The molecule has 0 aliphatic carbocycles. The van der Waals surface area contributed by atoms with E-state index in [9.17, 15) is 19.2 Å². The van der Waals surface area contributed by atoms with Crippen molar-refractivity contribution in [3.05, 3.63) is 0 Å². The molecule has 0 aromatic heterocycles. The maximum Gasteiger partial charge on any atom is 0.303 e. The molecule has 0 bridgehead atoms. The summed E-state index contributed by atoms with van der Waals surface area (Å²) in [6.07, 6.45) is -5.59. The zero-order valence-electron chi connectivity index (χ0n) is 21.1. The van der Waals surface area contributed by atoms with Gasteiger partial charge in [0.25, 0.3) is 0 Å². The van der Waals surface area contributed by atoms with Crippen molar-refractivity contribution in [2.24, 2.45) is 11.8 Å². The molecule has 0 unspecified atom stereocenters. The minimum absolute atomic E-state index is 0.0635. The summed E-state index contributed by atoms with van der Waals surface area (Å²) in [5, 5.41) is -0.893. The number of carbonyl (C=O) groups excluding carboxylic acids is 4. The van der Waals surface area contributed by atoms with E-state index in [1.807, 2.05) is 20.8 Å². The predicted molar refractivity (Wildman–Crippen MR) is 123 cm³/mol. The lowest BCUT2D eigenvalue weighted by atomic mass is 9.82. The molecule has 0 saturated carbocycles. The normalized spacial score (nSPS) is 37.1. The Hall–Kier alpha value is -1.76. The Kier molecular flexibility index (Phi) is 10.9. The predicted octanol–water partition coefficient (Wildman–Crippen LogP) is 2.26. The molecule has 0 aromatic rings. The summed E-state index contributed by atoms with van der Waals surface area (Å²) >= 11 is 3.31. The fourth-order valence-corrected chi connectivity index (χ4v) is 5.04. The topological polar surface area (TPSA) is 133 Å². The molecule has 10 atom stereocenters. The third-order valence-corrected chi connectivity index (χ3v) is 6.88. The Morgan fingerprint density at radius 3 is 1.77 bits per heavy atom. The summed E-state index contributed by atoms with van der Waals surface area (Å²) in [5.41, 5.74) is 0. The minimum Gasteiger partial charge on any atom is -0.463 e. The lowest BCUT2D eigenvalue weighted by Crippen LogP contribution is -2.63. The van der Waals surface area contributed by atoms with Crippen LogP contribution in [0.3, 0.4) is 0 Å². The van der Waals surface area contributed by atoms with Gasteiger partial charge in [0.1, 0.15) is 18.8 Å². The number of halogens is 1. The molecule has 11 nitrogen and oxygen atoms in total. The van der Waals surface area contributed by atoms with Gasteiger partial charge in [0.15, 0.2) is 29.6 Å². The van der Waals surface area contributed by atoms with Crippen LogP contribution in [0.4, 0.5) is 0 Å². The molecule has 2 fully saturated rings. The zero-order valence-corrected chi connectivity index (χ0v) is 22.6. The van der Waals surface area contributed by atoms with Crippen LogP contribution in [0.15, 0.2) is 0 Å². The molecule has 0 aromatic carbocycles. The van der Waals surface area contributed by atoms with Gasteiger partial charge >= 0.3 is 23.9 Å². The molecule has 0 radical (unpaired) electrons. The Bertz CT molecular complexity index is 775. The number of ether oxygens (including phenoxy) is 7. The summed E-state index contributed by atoms with van der Waals surface area (Å²) in [5.74, 6) is -2.40. The summed E-state index contributed by atoms with van der Waals surface area (Å²) < 4.78 is 40.0. The molecule has 2 aliphatic heterocycles. The molecule has 2 rings (SSSR count). The summed E-state index contributed by atoms with van der Waals surface area (Å²) in [7, 11) is 0. The smallest absolute Gasteiger partial charge is 0.303 e. The Morgan fingerprint density at radius 2 is 1.26 bits per heavy atom. The van der Waals surface area contributed by atoms with Crippen molar-refractivity contribution in [1.82, 2.24) is 0 Å². The van der Waals surface area contributed by atoms with Gasteiger partial charge in [-0.2, -0.15) is 0 Å². The first-order valence-corrected chi connectivity index (χ1v) is 12.5. The third kappa shape index (κ3) is 7.86. The molecule has 0 amide bonds. The molecular weight excluding hydrogens is 532 g/mol. The zero-order chi connectivity index (χ0) is 26.4. The first kappa shape index (κ1) is 29.5. The molecule has 35 heavy (non-hydrogen) atoms. The highest BCUT2D eigenvalue weighted by atomic mass is 79.9. The van der Waals surface area contributed by atoms with E-state index in [4.69, 9.17) is 33.2 Å². The second kappa shape index (κ2) is 13.0. The van der Waals surface area contributed by atoms with E-state index >= 15 is 0 Å². The molecule has 0 spiro atoms. The molecule has 12 heteroatoms. The fraction of sp³-hybridized carbons (Fsp3) is 0.826. The average molecular weight is 567 g/mol. The minimum atomic E-state index is -1.15. The SMILES string of the molecule is CC[C@H]1O[C@@H](O[C@H]2[C@H](OC(C)=O)[C@@H](OC(C)=O)[C@@H](Br)O[C@@H]2COC(C)=O)[C@H](OC(C)=O)[C@@H](C)[C@H]1C. The molecule has 2 saturated heterocycles. The molecule has 2 heterocycles. The van der Waals surface area contributed by atoms with Crippen molar-refractivity contribution in [2.75, 3.05) is 6.61 Å². The maximum absolute atomic E-state index is 12.0. The number of rotatable bonds is 8. The molecular formula is C23H35BrO11. The van der Waals surface area contributed by atoms with Gasteiger partial charge < -0.3 is 33.2 Å². The molecule has 200 valence electrons. The van der Waals surface area contributed by atoms with E-state index in [2.05, 4.69) is 15.9 Å². The van der Waals surface area contributed by atoms with E-state index in [0.717, 1.165) is 0 Å². The maximum atomic E-state index is 12.0. The van der Waals surface area contributed by atoms with Crippen LogP contribution in [-0.2, 0) is 52.3 Å². The van der Waals surface area contributed by atoms with Gasteiger partial charge in [-0.25, -0.2) is 0 Å². The van der Waals surface area contributed by atoms with Gasteiger partial charge in [0.2, 0.25) is 0 Å². The van der Waals surface area contributed by atoms with Gasteiger partial charge in [0.05, 0.1) is 6.10 Å². The quantitative estimate of drug-likeness (QED) is 0.243. The van der Waals surface area contributed by atoms with Gasteiger partial charge in [-0.1, -0.05) is 36.7 Å². The van der Waals surface area contributed by atoms with Crippen molar-refractivity contribution in [3.8, 4) is 0 Å². The lowest BCUT2D eigenvalue weighted by molar-refractivity contribution is -0.324. The van der Waals surface area contributed by atoms with E-state index in [1.54, 1.807) is 0 Å². The standard InChI is InChI=1S/C23H35BrO11/c1-8-16-10(2)11(3)18(30-13(5)26)23(34-16)35-19-17(9-29-12(4)25)33-22(24)21(32-15(7)28)20(19)31-14(6)27/h10-11,16-23H,8-9H2,1-7H3/t10-,11+,16-,17-,18-,19-,20+,21-,22+,23+/m1/s1. The second-order valence-corrected chi connectivity index (χ2v) is 9.72. The van der Waals surface area contributed by atoms with Crippen LogP contribution in [-0.4, -0.2) is 78.4 Å². The number of esters is 4. The van der Waals surface area contributed by atoms with Crippen LogP contribution in [0.25, 0.3) is 0 Å². The molecule has 2 aliphatic rings. The van der Waals surface area contributed by atoms with E-state index in [1.165, 1.54) is 27.7 Å². The summed E-state index contributed by atoms with van der Waals surface area (Å²) in [4.78, 5) is 47.2. The van der Waals surface area contributed by atoms with Crippen LogP contribution < -0.4 is 0 Å². The van der Waals surface area contributed by atoms with Crippen LogP contribution in [0, 0.1) is 11.8 Å². The number of hydrogen-bond acceptors (Lipinski definition) is 11. The highest BCUT2D eigenvalue weighted by Gasteiger charge is 2.53. The number of hydrogen-bond donors (Lipinski definition) is 0. The highest BCUT2D eigenvalue weighted by Crippen LogP contribution is 2.38. The Morgan fingerprint density at radius 1 is 0.714 bits per heavy atom. The van der Waals surface area contributed by atoms with Crippen molar-refractivity contribution in [2.45, 2.75) is 103 Å². The van der Waals surface area contributed by atoms with Crippen molar-refractivity contribution >= 4 is 39.8 Å². The van der Waals surface area contributed by atoms with Crippen LogP contribution >= 0.6 is 15.9 Å². The van der Waals surface area contributed by atoms with E-state index in [-0.39, 0.29) is 24.5 Å². The monoisotopic (exact) mass is 566 g/mol. The molecule has 0 N–H and O–H groups in total. The summed E-state index contributed by atoms with van der Waals surface area (Å²) in [6.45, 7) is 10.6. The Balaban J connectivity index is 2.46. The van der Waals surface area contributed by atoms with Gasteiger partial charge in [0, 0.05) is 33.6 Å². The fourth-order valence-electron chi connectivity index (χ4n) is 4.35. The Labute approximate surface area is 213 Å². The lowest BCUT2D eigenvalue weighted by Gasteiger charge is -2.48.